The van der Waals surface area contributed by atoms with Crippen LogP contribution in [0, 0.1) is 5.92 Å². The minimum atomic E-state index is -0.215. The monoisotopic (exact) mass is 224 g/mol. The summed E-state index contributed by atoms with van der Waals surface area (Å²) in [6, 6.07) is 4.07. The first-order valence-corrected chi connectivity index (χ1v) is 6.95. The van der Waals surface area contributed by atoms with Gasteiger partial charge < -0.3 is 5.11 Å². The molecule has 1 aromatic heterocycles. The molecule has 1 saturated carbocycles. The molecule has 1 fully saturated rings. The highest BCUT2D eigenvalue weighted by molar-refractivity contribution is 7.10. The van der Waals surface area contributed by atoms with Crippen molar-refractivity contribution in [2.45, 2.75) is 51.0 Å². The standard InChI is InChI=1S/C13H20OS/c14-12(13-8-5-9-15-13)10-11-6-3-1-2-4-7-11/h5,8-9,11-12,14H,1-4,6-7,10H2. The molecule has 1 unspecified atom stereocenters. The highest BCUT2D eigenvalue weighted by atomic mass is 32.1. The van der Waals surface area contributed by atoms with Crippen LogP contribution < -0.4 is 0 Å². The second-order valence-corrected chi connectivity index (χ2v) is 5.60. The molecule has 1 heterocycles. The lowest BCUT2D eigenvalue weighted by molar-refractivity contribution is 0.142. The van der Waals surface area contributed by atoms with E-state index in [4.69, 9.17) is 0 Å². The minimum absolute atomic E-state index is 0.215. The largest absolute Gasteiger partial charge is 0.388 e. The summed E-state index contributed by atoms with van der Waals surface area (Å²) in [5.74, 6) is 0.754. The van der Waals surface area contributed by atoms with Crippen LogP contribution in [0.5, 0.6) is 0 Å². The van der Waals surface area contributed by atoms with Crippen LogP contribution in [0.15, 0.2) is 17.5 Å². The van der Waals surface area contributed by atoms with Gasteiger partial charge in [0.05, 0.1) is 6.10 Å². The lowest BCUT2D eigenvalue weighted by Crippen LogP contribution is -2.05. The molecule has 0 bridgehead atoms. The van der Waals surface area contributed by atoms with E-state index in [0.29, 0.717) is 0 Å². The number of aliphatic hydroxyl groups excluding tert-OH is 1. The molecule has 1 aromatic rings. The summed E-state index contributed by atoms with van der Waals surface area (Å²) in [7, 11) is 0. The van der Waals surface area contributed by atoms with E-state index in [1.807, 2.05) is 17.5 Å². The van der Waals surface area contributed by atoms with Gasteiger partial charge in [0.25, 0.3) is 0 Å². The summed E-state index contributed by atoms with van der Waals surface area (Å²) in [4.78, 5) is 1.14. The fourth-order valence-corrected chi connectivity index (χ4v) is 3.24. The summed E-state index contributed by atoms with van der Waals surface area (Å²) >= 11 is 1.67. The van der Waals surface area contributed by atoms with E-state index in [1.54, 1.807) is 11.3 Å². The first-order valence-electron chi connectivity index (χ1n) is 6.08. The Hall–Kier alpha value is -0.340. The number of rotatable bonds is 3. The van der Waals surface area contributed by atoms with Gasteiger partial charge in [-0.1, -0.05) is 44.6 Å². The lowest BCUT2D eigenvalue weighted by Gasteiger charge is -2.17. The fraction of sp³-hybridized carbons (Fsp3) is 0.692. The molecule has 0 amide bonds. The van der Waals surface area contributed by atoms with Gasteiger partial charge in [-0.25, -0.2) is 0 Å². The van der Waals surface area contributed by atoms with E-state index >= 15 is 0 Å². The molecule has 0 saturated heterocycles. The van der Waals surface area contributed by atoms with Crippen molar-refractivity contribution in [1.29, 1.82) is 0 Å². The van der Waals surface area contributed by atoms with Crippen LogP contribution in [-0.2, 0) is 0 Å². The molecular formula is C13H20OS. The van der Waals surface area contributed by atoms with Crippen LogP contribution in [-0.4, -0.2) is 5.11 Å². The van der Waals surface area contributed by atoms with Crippen molar-refractivity contribution in [3.05, 3.63) is 22.4 Å². The molecule has 1 aliphatic rings. The van der Waals surface area contributed by atoms with Crippen molar-refractivity contribution in [1.82, 2.24) is 0 Å². The van der Waals surface area contributed by atoms with Crippen LogP contribution in [0.25, 0.3) is 0 Å². The maximum absolute atomic E-state index is 10.1. The van der Waals surface area contributed by atoms with Gasteiger partial charge in [-0.3, -0.25) is 0 Å². The van der Waals surface area contributed by atoms with Crippen molar-refractivity contribution in [2.24, 2.45) is 5.92 Å². The Labute approximate surface area is 96.1 Å². The Morgan fingerprint density at radius 3 is 2.60 bits per heavy atom. The third-order valence-electron chi connectivity index (χ3n) is 3.40. The molecule has 1 atom stereocenters. The summed E-state index contributed by atoms with van der Waals surface area (Å²) in [6.07, 6.45) is 8.92. The van der Waals surface area contributed by atoms with Gasteiger partial charge in [0.2, 0.25) is 0 Å². The first kappa shape index (κ1) is 11.2. The molecule has 15 heavy (non-hydrogen) atoms. The Morgan fingerprint density at radius 2 is 2.00 bits per heavy atom. The summed E-state index contributed by atoms with van der Waals surface area (Å²) in [6.45, 7) is 0. The zero-order valence-corrected chi connectivity index (χ0v) is 10.0. The van der Waals surface area contributed by atoms with E-state index in [1.165, 1.54) is 38.5 Å². The van der Waals surface area contributed by atoms with Gasteiger partial charge in [0.1, 0.15) is 0 Å². The van der Waals surface area contributed by atoms with Crippen molar-refractivity contribution in [2.75, 3.05) is 0 Å². The predicted octanol–water partition coefficient (Wildman–Crippen LogP) is 4.14. The average Bonchev–Trinajstić information content (AvgIpc) is 2.65. The van der Waals surface area contributed by atoms with Crippen molar-refractivity contribution in [3.8, 4) is 0 Å². The first-order chi connectivity index (χ1) is 7.36. The topological polar surface area (TPSA) is 20.2 Å². The molecule has 2 heteroatoms. The zero-order chi connectivity index (χ0) is 10.5. The van der Waals surface area contributed by atoms with Crippen LogP contribution in [0.4, 0.5) is 0 Å². The summed E-state index contributed by atoms with van der Waals surface area (Å²) in [5, 5.41) is 12.1. The van der Waals surface area contributed by atoms with Gasteiger partial charge in [-0.15, -0.1) is 11.3 Å². The van der Waals surface area contributed by atoms with Gasteiger partial charge in [-0.05, 0) is 23.8 Å². The Bertz CT molecular complexity index is 260. The van der Waals surface area contributed by atoms with Gasteiger partial charge in [0, 0.05) is 4.88 Å². The minimum Gasteiger partial charge on any atom is -0.388 e. The van der Waals surface area contributed by atoms with E-state index < -0.39 is 0 Å². The van der Waals surface area contributed by atoms with Gasteiger partial charge in [-0.2, -0.15) is 0 Å². The van der Waals surface area contributed by atoms with Crippen LogP contribution in [0.2, 0.25) is 0 Å². The van der Waals surface area contributed by atoms with Crippen LogP contribution in [0.3, 0.4) is 0 Å². The van der Waals surface area contributed by atoms with Crippen molar-refractivity contribution < 1.29 is 5.11 Å². The molecule has 84 valence electrons. The second-order valence-electron chi connectivity index (χ2n) is 4.62. The molecular weight excluding hydrogens is 204 g/mol. The van der Waals surface area contributed by atoms with Gasteiger partial charge >= 0.3 is 0 Å². The van der Waals surface area contributed by atoms with E-state index in [0.717, 1.165) is 17.2 Å². The molecule has 0 radical (unpaired) electrons. The normalized spacial score (nSPS) is 21.1. The van der Waals surface area contributed by atoms with Crippen LogP contribution >= 0.6 is 11.3 Å². The Morgan fingerprint density at radius 1 is 1.27 bits per heavy atom. The molecule has 0 aromatic carbocycles. The van der Waals surface area contributed by atoms with E-state index in [-0.39, 0.29) is 6.10 Å². The van der Waals surface area contributed by atoms with Crippen molar-refractivity contribution in [3.63, 3.8) is 0 Å². The van der Waals surface area contributed by atoms with E-state index in [2.05, 4.69) is 0 Å². The molecule has 1 nitrogen and oxygen atoms in total. The third kappa shape index (κ3) is 3.32. The smallest absolute Gasteiger partial charge is 0.0884 e. The summed E-state index contributed by atoms with van der Waals surface area (Å²) in [5.41, 5.74) is 0. The molecule has 2 rings (SSSR count). The van der Waals surface area contributed by atoms with Crippen LogP contribution in [0.1, 0.15) is 55.9 Å². The maximum Gasteiger partial charge on any atom is 0.0884 e. The lowest BCUT2D eigenvalue weighted by atomic mass is 9.93. The average molecular weight is 224 g/mol. The third-order valence-corrected chi connectivity index (χ3v) is 4.38. The number of hydrogen-bond acceptors (Lipinski definition) is 2. The Kier molecular flexibility index (Phi) is 4.21. The van der Waals surface area contributed by atoms with Gasteiger partial charge in [0.15, 0.2) is 0 Å². The quantitative estimate of drug-likeness (QED) is 0.765. The molecule has 0 spiro atoms. The number of aliphatic hydroxyl groups is 1. The van der Waals surface area contributed by atoms with Crippen molar-refractivity contribution >= 4 is 11.3 Å². The highest BCUT2D eigenvalue weighted by Gasteiger charge is 2.17. The fourth-order valence-electron chi connectivity index (χ4n) is 2.51. The molecule has 1 N–H and O–H groups in total. The number of thiophene rings is 1. The zero-order valence-electron chi connectivity index (χ0n) is 9.19. The SMILES string of the molecule is OC(CC1CCCCCC1)c1cccs1. The predicted molar refractivity (Wildman–Crippen MR) is 65.1 cm³/mol. The molecule has 0 aliphatic heterocycles. The molecule has 1 aliphatic carbocycles. The Balaban J connectivity index is 1.84. The summed E-state index contributed by atoms with van der Waals surface area (Å²) < 4.78 is 0. The maximum atomic E-state index is 10.1. The highest BCUT2D eigenvalue weighted by Crippen LogP contribution is 2.32. The van der Waals surface area contributed by atoms with E-state index in [9.17, 15) is 5.11 Å². The number of hydrogen-bond donors (Lipinski definition) is 1. The second kappa shape index (κ2) is 5.66.